The minimum Gasteiger partial charge on any atom is -0.399 e. The summed E-state index contributed by atoms with van der Waals surface area (Å²) in [7, 11) is -4.11. The first-order chi connectivity index (χ1) is 9.29. The van der Waals surface area contributed by atoms with E-state index in [0.29, 0.717) is 5.56 Å². The van der Waals surface area contributed by atoms with Gasteiger partial charge in [-0.25, -0.2) is 17.2 Å². The van der Waals surface area contributed by atoms with Crippen molar-refractivity contribution in [2.75, 3.05) is 5.73 Å². The van der Waals surface area contributed by atoms with E-state index in [-0.39, 0.29) is 5.69 Å². The average Bonchev–Trinajstić information content (AvgIpc) is 2.30. The molecular formula is C13H10F2INO2S. The Kier molecular flexibility index (Phi) is 4.28. The van der Waals surface area contributed by atoms with Crippen molar-refractivity contribution in [2.45, 2.75) is 10.6 Å². The van der Waals surface area contributed by atoms with Crippen LogP contribution < -0.4 is 5.73 Å². The largest absolute Gasteiger partial charge is 0.399 e. The van der Waals surface area contributed by atoms with Crippen LogP contribution in [0.15, 0.2) is 41.3 Å². The number of sulfone groups is 1. The van der Waals surface area contributed by atoms with Crippen LogP contribution in [0.25, 0.3) is 0 Å². The van der Waals surface area contributed by atoms with E-state index in [1.807, 2.05) is 0 Å². The van der Waals surface area contributed by atoms with Crippen LogP contribution in [0.3, 0.4) is 0 Å². The Morgan fingerprint density at radius 1 is 1.05 bits per heavy atom. The van der Waals surface area contributed by atoms with Crippen molar-refractivity contribution < 1.29 is 17.2 Å². The van der Waals surface area contributed by atoms with Crippen LogP contribution in [0.5, 0.6) is 0 Å². The summed E-state index contributed by atoms with van der Waals surface area (Å²) in [6.07, 6.45) is 0. The van der Waals surface area contributed by atoms with Crippen molar-refractivity contribution in [3.8, 4) is 0 Å². The molecule has 7 heteroatoms. The van der Waals surface area contributed by atoms with Crippen molar-refractivity contribution in [1.29, 1.82) is 0 Å². The molecule has 0 atom stereocenters. The molecule has 0 aliphatic heterocycles. The Hall–Kier alpha value is -1.22. The van der Waals surface area contributed by atoms with Crippen LogP contribution in [0, 0.1) is 15.2 Å². The SMILES string of the molecule is Nc1cc(F)c(S(=O)(=O)Cc2ccc(I)cc2)c(F)c1. The number of anilines is 1. The molecule has 0 saturated heterocycles. The van der Waals surface area contributed by atoms with Crippen LogP contribution in [0.4, 0.5) is 14.5 Å². The third kappa shape index (κ3) is 3.26. The van der Waals surface area contributed by atoms with E-state index in [0.717, 1.165) is 15.7 Å². The number of benzene rings is 2. The third-order valence-corrected chi connectivity index (χ3v) is 5.05. The zero-order valence-corrected chi connectivity index (χ0v) is 13.1. The number of halogens is 3. The summed E-state index contributed by atoms with van der Waals surface area (Å²) in [5.74, 6) is -2.82. The zero-order valence-electron chi connectivity index (χ0n) is 10.1. The van der Waals surface area contributed by atoms with Gasteiger partial charge in [0.25, 0.3) is 0 Å². The molecule has 0 aliphatic rings. The molecule has 0 fully saturated rings. The summed E-state index contributed by atoms with van der Waals surface area (Å²) in [4.78, 5) is -0.940. The van der Waals surface area contributed by atoms with Gasteiger partial charge in [0, 0.05) is 9.26 Å². The van der Waals surface area contributed by atoms with Gasteiger partial charge < -0.3 is 5.73 Å². The van der Waals surface area contributed by atoms with Gasteiger partial charge in [0.15, 0.2) is 9.84 Å². The fourth-order valence-electron chi connectivity index (χ4n) is 1.75. The second-order valence-electron chi connectivity index (χ2n) is 4.20. The first-order valence-electron chi connectivity index (χ1n) is 5.51. The molecule has 0 unspecified atom stereocenters. The molecule has 2 aromatic rings. The van der Waals surface area contributed by atoms with E-state index in [1.165, 1.54) is 0 Å². The van der Waals surface area contributed by atoms with Gasteiger partial charge in [-0.2, -0.15) is 0 Å². The van der Waals surface area contributed by atoms with E-state index in [9.17, 15) is 17.2 Å². The van der Waals surface area contributed by atoms with Gasteiger partial charge in [0.1, 0.15) is 16.5 Å². The third-order valence-electron chi connectivity index (χ3n) is 2.60. The molecule has 0 radical (unpaired) electrons. The van der Waals surface area contributed by atoms with Gasteiger partial charge in [0.05, 0.1) is 5.75 Å². The van der Waals surface area contributed by atoms with Crippen LogP contribution in [0.1, 0.15) is 5.56 Å². The maximum atomic E-state index is 13.7. The lowest BCUT2D eigenvalue weighted by atomic mass is 10.2. The zero-order chi connectivity index (χ0) is 14.9. The molecule has 106 valence electrons. The van der Waals surface area contributed by atoms with E-state index in [1.54, 1.807) is 24.3 Å². The lowest BCUT2D eigenvalue weighted by molar-refractivity contribution is 0.520. The van der Waals surface area contributed by atoms with Gasteiger partial charge in [0.2, 0.25) is 0 Å². The number of hydrogen-bond donors (Lipinski definition) is 1. The van der Waals surface area contributed by atoms with Gasteiger partial charge in [-0.05, 0) is 52.4 Å². The Labute approximate surface area is 128 Å². The van der Waals surface area contributed by atoms with E-state index < -0.39 is 32.1 Å². The van der Waals surface area contributed by atoms with Gasteiger partial charge in [-0.15, -0.1) is 0 Å². The fraction of sp³-hybridized carbons (Fsp3) is 0.0769. The Balaban J connectivity index is 2.43. The quantitative estimate of drug-likeness (QED) is 0.626. The predicted octanol–water partition coefficient (Wildman–Crippen LogP) is 3.13. The lowest BCUT2D eigenvalue weighted by Gasteiger charge is -2.08. The molecule has 0 amide bonds. The highest BCUT2D eigenvalue weighted by molar-refractivity contribution is 14.1. The van der Waals surface area contributed by atoms with Crippen LogP contribution in [-0.2, 0) is 15.6 Å². The number of nitrogen functional groups attached to an aromatic ring is 1. The normalized spacial score (nSPS) is 11.6. The van der Waals surface area contributed by atoms with Gasteiger partial charge in [-0.1, -0.05) is 12.1 Å². The van der Waals surface area contributed by atoms with E-state index in [4.69, 9.17) is 5.73 Å². The molecule has 2 N–H and O–H groups in total. The molecule has 0 heterocycles. The summed E-state index contributed by atoms with van der Waals surface area (Å²) < 4.78 is 52.5. The van der Waals surface area contributed by atoms with Gasteiger partial charge >= 0.3 is 0 Å². The molecule has 3 nitrogen and oxygen atoms in total. The van der Waals surface area contributed by atoms with Crippen molar-refractivity contribution in [3.05, 3.63) is 57.2 Å². The Morgan fingerprint density at radius 3 is 2.05 bits per heavy atom. The summed E-state index contributed by atoms with van der Waals surface area (Å²) in [6, 6.07) is 8.24. The minimum atomic E-state index is -4.11. The standard InChI is InChI=1S/C13H10F2INO2S/c14-11-5-10(17)6-12(15)13(11)20(18,19)7-8-1-3-9(16)4-2-8/h1-6H,7,17H2. The monoisotopic (exact) mass is 409 g/mol. The number of rotatable bonds is 3. The summed E-state index contributed by atoms with van der Waals surface area (Å²) in [5, 5.41) is 0. The minimum absolute atomic E-state index is 0.159. The first-order valence-corrected chi connectivity index (χ1v) is 8.24. The van der Waals surface area contributed by atoms with E-state index >= 15 is 0 Å². The highest BCUT2D eigenvalue weighted by Crippen LogP contribution is 2.25. The Morgan fingerprint density at radius 2 is 1.55 bits per heavy atom. The predicted molar refractivity (Wildman–Crippen MR) is 80.8 cm³/mol. The molecule has 0 spiro atoms. The lowest BCUT2D eigenvalue weighted by Crippen LogP contribution is -2.10. The highest BCUT2D eigenvalue weighted by Gasteiger charge is 2.25. The summed E-state index contributed by atoms with van der Waals surface area (Å²) >= 11 is 2.08. The second kappa shape index (κ2) is 5.65. The fourth-order valence-corrected chi connectivity index (χ4v) is 3.60. The highest BCUT2D eigenvalue weighted by atomic mass is 127. The molecule has 0 aromatic heterocycles. The van der Waals surface area contributed by atoms with Gasteiger partial charge in [-0.3, -0.25) is 0 Å². The molecule has 2 rings (SSSR count). The molecule has 0 saturated carbocycles. The smallest absolute Gasteiger partial charge is 0.188 e. The molecule has 0 bridgehead atoms. The molecular weight excluding hydrogens is 399 g/mol. The molecule has 0 aliphatic carbocycles. The first kappa shape index (κ1) is 15.2. The second-order valence-corrected chi connectivity index (χ2v) is 7.37. The van der Waals surface area contributed by atoms with Crippen LogP contribution >= 0.6 is 22.6 Å². The molecule has 20 heavy (non-hydrogen) atoms. The van der Waals surface area contributed by atoms with Crippen LogP contribution in [0.2, 0.25) is 0 Å². The number of nitrogens with two attached hydrogens (primary N) is 1. The Bertz CT molecular complexity index is 722. The number of hydrogen-bond acceptors (Lipinski definition) is 3. The summed E-state index contributed by atoms with van der Waals surface area (Å²) in [6.45, 7) is 0. The maximum Gasteiger partial charge on any atom is 0.188 e. The maximum absolute atomic E-state index is 13.7. The topological polar surface area (TPSA) is 60.2 Å². The van der Waals surface area contributed by atoms with Crippen LogP contribution in [-0.4, -0.2) is 8.42 Å². The van der Waals surface area contributed by atoms with E-state index in [2.05, 4.69) is 22.6 Å². The van der Waals surface area contributed by atoms with Crippen molar-refractivity contribution in [2.24, 2.45) is 0 Å². The van der Waals surface area contributed by atoms with Crippen molar-refractivity contribution in [3.63, 3.8) is 0 Å². The van der Waals surface area contributed by atoms with Crippen molar-refractivity contribution in [1.82, 2.24) is 0 Å². The average molecular weight is 409 g/mol. The molecule has 2 aromatic carbocycles. The van der Waals surface area contributed by atoms with Crippen molar-refractivity contribution >= 4 is 38.1 Å². The summed E-state index contributed by atoms with van der Waals surface area (Å²) in [5.41, 5.74) is 5.57.